The average molecular weight is 304 g/mol. The molecule has 1 aromatic carbocycles. The third-order valence-electron chi connectivity index (χ3n) is 3.17. The standard InChI is InChI=1S/C14H12N2O4S/c1-20-14-10-15(17)9-13-12(14)7-8-16(13)21(18,19)11-5-3-2-4-6-11/h2-10H,1H3. The highest BCUT2D eigenvalue weighted by atomic mass is 32.2. The fourth-order valence-electron chi connectivity index (χ4n) is 2.18. The van der Waals surface area contributed by atoms with E-state index in [1.807, 2.05) is 0 Å². The lowest BCUT2D eigenvalue weighted by Crippen LogP contribution is -2.25. The van der Waals surface area contributed by atoms with Crippen LogP contribution in [0.25, 0.3) is 10.9 Å². The first kappa shape index (κ1) is 13.4. The van der Waals surface area contributed by atoms with Gasteiger partial charge in [-0.15, -0.1) is 0 Å². The Morgan fingerprint density at radius 1 is 1.14 bits per heavy atom. The summed E-state index contributed by atoms with van der Waals surface area (Å²) in [6, 6.07) is 9.65. The normalized spacial score (nSPS) is 11.7. The molecule has 0 fully saturated rings. The molecule has 21 heavy (non-hydrogen) atoms. The van der Waals surface area contributed by atoms with Crippen molar-refractivity contribution < 1.29 is 17.9 Å². The minimum absolute atomic E-state index is 0.155. The van der Waals surface area contributed by atoms with E-state index in [4.69, 9.17) is 4.74 Å². The van der Waals surface area contributed by atoms with E-state index in [1.165, 1.54) is 37.8 Å². The van der Waals surface area contributed by atoms with Gasteiger partial charge in [-0.05, 0) is 18.2 Å². The topological polar surface area (TPSA) is 75.2 Å². The van der Waals surface area contributed by atoms with Gasteiger partial charge in [-0.1, -0.05) is 18.2 Å². The Morgan fingerprint density at radius 2 is 1.86 bits per heavy atom. The lowest BCUT2D eigenvalue weighted by molar-refractivity contribution is -0.604. The fourth-order valence-corrected chi connectivity index (χ4v) is 3.54. The monoisotopic (exact) mass is 304 g/mol. The van der Waals surface area contributed by atoms with Crippen LogP contribution >= 0.6 is 0 Å². The molecule has 0 saturated carbocycles. The van der Waals surface area contributed by atoms with Gasteiger partial charge in [0, 0.05) is 6.20 Å². The van der Waals surface area contributed by atoms with E-state index in [0.717, 1.165) is 3.97 Å². The van der Waals surface area contributed by atoms with Crippen LogP contribution in [-0.4, -0.2) is 19.5 Å². The highest BCUT2D eigenvalue weighted by Crippen LogP contribution is 2.27. The predicted octanol–water partition coefficient (Wildman–Crippen LogP) is 1.52. The summed E-state index contributed by atoms with van der Waals surface area (Å²) in [5, 5.41) is 12.2. The van der Waals surface area contributed by atoms with Crippen LogP contribution < -0.4 is 9.47 Å². The zero-order valence-electron chi connectivity index (χ0n) is 11.1. The Morgan fingerprint density at radius 3 is 2.52 bits per heavy atom. The Balaban J connectivity index is 2.29. The van der Waals surface area contributed by atoms with Crippen LogP contribution in [0.1, 0.15) is 0 Å². The van der Waals surface area contributed by atoms with Crippen molar-refractivity contribution in [3.63, 3.8) is 0 Å². The van der Waals surface area contributed by atoms with Crippen molar-refractivity contribution in [3.8, 4) is 5.75 Å². The van der Waals surface area contributed by atoms with Crippen molar-refractivity contribution in [3.05, 3.63) is 60.2 Å². The van der Waals surface area contributed by atoms with Crippen molar-refractivity contribution in [1.29, 1.82) is 0 Å². The number of aromatic nitrogens is 2. The van der Waals surface area contributed by atoms with Crippen LogP contribution in [-0.2, 0) is 10.0 Å². The number of ether oxygens (including phenoxy) is 1. The molecule has 0 aliphatic carbocycles. The van der Waals surface area contributed by atoms with Gasteiger partial charge >= 0.3 is 0 Å². The summed E-state index contributed by atoms with van der Waals surface area (Å²) in [5.41, 5.74) is 0.271. The Kier molecular flexibility index (Phi) is 3.06. The zero-order valence-corrected chi connectivity index (χ0v) is 11.9. The molecule has 3 aromatic rings. The number of hydrogen-bond acceptors (Lipinski definition) is 4. The second kappa shape index (κ2) is 4.78. The van der Waals surface area contributed by atoms with E-state index in [2.05, 4.69) is 0 Å². The number of hydrogen-bond donors (Lipinski definition) is 0. The maximum Gasteiger partial charge on any atom is 0.268 e. The molecule has 0 spiro atoms. The molecule has 2 heterocycles. The Labute approximate surface area is 121 Å². The summed E-state index contributed by atoms with van der Waals surface area (Å²) >= 11 is 0. The van der Waals surface area contributed by atoms with E-state index in [-0.39, 0.29) is 10.4 Å². The van der Waals surface area contributed by atoms with E-state index < -0.39 is 10.0 Å². The molecule has 0 aliphatic heterocycles. The van der Waals surface area contributed by atoms with Gasteiger partial charge in [-0.25, -0.2) is 12.4 Å². The first-order chi connectivity index (χ1) is 10.0. The molecule has 0 bridgehead atoms. The van der Waals surface area contributed by atoms with Gasteiger partial charge < -0.3 is 9.94 Å². The number of pyridine rings is 1. The molecule has 0 radical (unpaired) electrons. The first-order valence-corrected chi connectivity index (χ1v) is 7.56. The molecule has 2 aromatic heterocycles. The van der Waals surface area contributed by atoms with E-state index in [1.54, 1.807) is 24.3 Å². The summed E-state index contributed by atoms with van der Waals surface area (Å²) in [6.07, 6.45) is 3.87. The minimum atomic E-state index is -3.76. The molecule has 0 atom stereocenters. The molecular formula is C14H12N2O4S. The zero-order chi connectivity index (χ0) is 15.0. The number of rotatable bonds is 3. The second-order valence-corrected chi connectivity index (χ2v) is 6.23. The predicted molar refractivity (Wildman–Crippen MR) is 76.5 cm³/mol. The summed E-state index contributed by atoms with van der Waals surface area (Å²) in [6.45, 7) is 0. The molecule has 0 unspecified atom stereocenters. The van der Waals surface area contributed by atoms with Crippen molar-refractivity contribution >= 4 is 20.9 Å². The van der Waals surface area contributed by atoms with Crippen LogP contribution in [0.4, 0.5) is 0 Å². The molecule has 6 nitrogen and oxygen atoms in total. The smallest absolute Gasteiger partial charge is 0.268 e. The van der Waals surface area contributed by atoms with Crippen molar-refractivity contribution in [1.82, 2.24) is 3.97 Å². The van der Waals surface area contributed by atoms with Gasteiger partial charge in [-0.2, -0.15) is 4.73 Å². The third-order valence-corrected chi connectivity index (χ3v) is 4.87. The van der Waals surface area contributed by atoms with Crippen molar-refractivity contribution in [2.45, 2.75) is 4.90 Å². The molecule has 108 valence electrons. The highest BCUT2D eigenvalue weighted by molar-refractivity contribution is 7.90. The minimum Gasteiger partial charge on any atom is -0.619 e. The SMILES string of the molecule is COc1c[n+]([O-])cc2c1ccn2S(=O)(=O)c1ccccc1. The maximum atomic E-state index is 12.6. The largest absolute Gasteiger partial charge is 0.619 e. The van der Waals surface area contributed by atoms with Gasteiger partial charge in [0.2, 0.25) is 12.4 Å². The molecule has 0 aliphatic rings. The average Bonchev–Trinajstić information content (AvgIpc) is 2.91. The summed E-state index contributed by atoms with van der Waals surface area (Å²) in [7, 11) is -2.33. The first-order valence-electron chi connectivity index (χ1n) is 6.12. The van der Waals surface area contributed by atoms with Gasteiger partial charge in [0.15, 0.2) is 5.75 Å². The van der Waals surface area contributed by atoms with Gasteiger partial charge in [-0.3, -0.25) is 0 Å². The summed E-state index contributed by atoms with van der Waals surface area (Å²) in [4.78, 5) is 0.155. The van der Waals surface area contributed by atoms with Gasteiger partial charge in [0.05, 0.1) is 17.4 Å². The van der Waals surface area contributed by atoms with Crippen LogP contribution in [0.3, 0.4) is 0 Å². The highest BCUT2D eigenvalue weighted by Gasteiger charge is 2.21. The van der Waals surface area contributed by atoms with Crippen molar-refractivity contribution in [2.75, 3.05) is 7.11 Å². The number of fused-ring (bicyclic) bond motifs is 1. The fraction of sp³-hybridized carbons (Fsp3) is 0.0714. The van der Waals surface area contributed by atoms with E-state index >= 15 is 0 Å². The lowest BCUT2D eigenvalue weighted by atomic mass is 10.3. The maximum absolute atomic E-state index is 12.6. The second-order valence-electron chi connectivity index (χ2n) is 4.42. The third kappa shape index (κ3) is 2.11. The summed E-state index contributed by atoms with van der Waals surface area (Å²) < 4.78 is 32.0. The molecule has 0 amide bonds. The van der Waals surface area contributed by atoms with Gasteiger partial charge in [0.25, 0.3) is 10.0 Å². The number of methoxy groups -OCH3 is 1. The van der Waals surface area contributed by atoms with Crippen LogP contribution in [0.15, 0.2) is 59.9 Å². The van der Waals surface area contributed by atoms with Crippen molar-refractivity contribution in [2.24, 2.45) is 0 Å². The molecule has 0 N–H and O–H groups in total. The molecule has 3 rings (SSSR count). The van der Waals surface area contributed by atoms with Crippen LogP contribution in [0.5, 0.6) is 5.75 Å². The van der Waals surface area contributed by atoms with Crippen LogP contribution in [0.2, 0.25) is 0 Å². The molecule has 7 heteroatoms. The number of nitrogens with zero attached hydrogens (tertiary/aromatic N) is 2. The Hall–Kier alpha value is -2.54. The Bertz CT molecular complexity index is 901. The van der Waals surface area contributed by atoms with E-state index in [0.29, 0.717) is 15.9 Å². The summed E-state index contributed by atoms with van der Waals surface area (Å²) in [5.74, 6) is 0.324. The van der Waals surface area contributed by atoms with Gasteiger partial charge in [0.1, 0.15) is 5.52 Å². The van der Waals surface area contributed by atoms with Crippen LogP contribution in [0, 0.1) is 5.21 Å². The molecular weight excluding hydrogens is 292 g/mol. The number of benzene rings is 1. The van der Waals surface area contributed by atoms with E-state index in [9.17, 15) is 13.6 Å². The quantitative estimate of drug-likeness (QED) is 0.543. The molecule has 0 saturated heterocycles. The lowest BCUT2D eigenvalue weighted by Gasteiger charge is -2.08.